The van der Waals surface area contributed by atoms with Crippen LogP contribution in [-0.4, -0.2) is 36.9 Å². The number of aliphatic hydroxyl groups excluding tert-OH is 1. The monoisotopic (exact) mass is 361 g/mol. The first-order valence-corrected chi connectivity index (χ1v) is 8.19. The van der Waals surface area contributed by atoms with Crippen LogP contribution in [0.4, 0.5) is 10.3 Å². The van der Waals surface area contributed by atoms with Gasteiger partial charge in [0.1, 0.15) is 5.82 Å². The summed E-state index contributed by atoms with van der Waals surface area (Å²) in [6, 6.07) is 5.79. The molecule has 0 radical (unpaired) electrons. The molecule has 0 aliphatic carbocycles. The highest BCUT2D eigenvalue weighted by atomic mass is 19.1. The molecule has 0 amide bonds. The van der Waals surface area contributed by atoms with Crippen molar-refractivity contribution < 1.29 is 9.50 Å². The number of nitrogens with zero attached hydrogens (tertiary/aromatic N) is 4. The van der Waals surface area contributed by atoms with E-state index in [9.17, 15) is 14.0 Å². The van der Waals surface area contributed by atoms with Gasteiger partial charge in [-0.05, 0) is 24.1 Å². The molecule has 3 rings (SSSR count). The molecule has 138 valence electrons. The van der Waals surface area contributed by atoms with Gasteiger partial charge >= 0.3 is 5.69 Å². The molecular formula is C17H20FN5O3. The molecular weight excluding hydrogens is 341 g/mol. The van der Waals surface area contributed by atoms with Crippen LogP contribution in [0, 0.1) is 5.82 Å². The summed E-state index contributed by atoms with van der Waals surface area (Å²) in [6.07, 6.45) is 0.534. The summed E-state index contributed by atoms with van der Waals surface area (Å²) >= 11 is 0. The number of halogens is 1. The van der Waals surface area contributed by atoms with Crippen molar-refractivity contribution in [1.29, 1.82) is 0 Å². The minimum absolute atomic E-state index is 0.0301. The summed E-state index contributed by atoms with van der Waals surface area (Å²) in [6.45, 7) is 0.493. The zero-order valence-corrected chi connectivity index (χ0v) is 14.6. The van der Waals surface area contributed by atoms with Gasteiger partial charge in [0, 0.05) is 27.2 Å². The van der Waals surface area contributed by atoms with E-state index in [1.807, 2.05) is 0 Å². The topological polar surface area (TPSA) is 94.1 Å². The van der Waals surface area contributed by atoms with Crippen LogP contribution in [0.1, 0.15) is 12.0 Å². The molecule has 1 aromatic carbocycles. The Labute approximate surface area is 148 Å². The quantitative estimate of drug-likeness (QED) is 0.621. The van der Waals surface area contributed by atoms with Crippen molar-refractivity contribution in [2.75, 3.05) is 18.5 Å². The molecule has 0 fully saturated rings. The second-order valence-corrected chi connectivity index (χ2v) is 6.03. The van der Waals surface area contributed by atoms with E-state index in [0.717, 1.165) is 4.57 Å². The number of aliphatic hydroxyl groups is 1. The molecule has 0 saturated heterocycles. The molecule has 2 N–H and O–H groups in total. The van der Waals surface area contributed by atoms with Gasteiger partial charge in [-0.1, -0.05) is 12.1 Å². The van der Waals surface area contributed by atoms with Gasteiger partial charge in [-0.3, -0.25) is 13.9 Å². The average molecular weight is 361 g/mol. The number of rotatable bonds is 6. The number of fused-ring (bicyclic) bond motifs is 1. The van der Waals surface area contributed by atoms with Crippen molar-refractivity contribution in [2.45, 2.75) is 13.0 Å². The van der Waals surface area contributed by atoms with Crippen molar-refractivity contribution in [3.05, 3.63) is 56.5 Å². The highest BCUT2D eigenvalue weighted by molar-refractivity contribution is 5.74. The first-order valence-electron chi connectivity index (χ1n) is 8.19. The molecule has 0 aliphatic heterocycles. The summed E-state index contributed by atoms with van der Waals surface area (Å²) in [7, 11) is 3.21. The Bertz CT molecular complexity index is 1070. The van der Waals surface area contributed by atoms with Crippen LogP contribution in [0.3, 0.4) is 0 Å². The fourth-order valence-corrected chi connectivity index (χ4v) is 2.84. The third-order valence-corrected chi connectivity index (χ3v) is 4.21. The summed E-state index contributed by atoms with van der Waals surface area (Å²) in [5.74, 6) is 0.00779. The molecule has 26 heavy (non-hydrogen) atoms. The van der Waals surface area contributed by atoms with Crippen LogP contribution in [0.2, 0.25) is 0 Å². The molecule has 9 heteroatoms. The van der Waals surface area contributed by atoms with E-state index in [4.69, 9.17) is 5.11 Å². The van der Waals surface area contributed by atoms with E-state index < -0.39 is 17.1 Å². The number of anilines is 1. The minimum atomic E-state index is -0.522. The third-order valence-electron chi connectivity index (χ3n) is 4.21. The molecule has 0 saturated carbocycles. The van der Waals surface area contributed by atoms with Gasteiger partial charge in [0.15, 0.2) is 11.2 Å². The van der Waals surface area contributed by atoms with Crippen LogP contribution < -0.4 is 16.6 Å². The summed E-state index contributed by atoms with van der Waals surface area (Å²) < 4.78 is 17.4. The second kappa shape index (κ2) is 7.12. The molecule has 2 heterocycles. The zero-order valence-electron chi connectivity index (χ0n) is 14.6. The van der Waals surface area contributed by atoms with Gasteiger partial charge in [-0.15, -0.1) is 0 Å². The van der Waals surface area contributed by atoms with Crippen LogP contribution in [-0.2, 0) is 20.6 Å². The van der Waals surface area contributed by atoms with Gasteiger partial charge in [-0.2, -0.15) is 4.98 Å². The van der Waals surface area contributed by atoms with Crippen LogP contribution in [0.5, 0.6) is 0 Å². The number of aryl methyl sites for hydroxylation is 2. The lowest BCUT2D eigenvalue weighted by Gasteiger charge is -2.09. The lowest BCUT2D eigenvalue weighted by Crippen LogP contribution is -2.39. The first kappa shape index (κ1) is 17.9. The maximum absolute atomic E-state index is 13.4. The number of aromatic nitrogens is 4. The predicted octanol–water partition coefficient (Wildman–Crippen LogP) is 0.415. The van der Waals surface area contributed by atoms with E-state index in [2.05, 4.69) is 10.3 Å². The number of hydrogen-bond donors (Lipinski definition) is 2. The lowest BCUT2D eigenvalue weighted by atomic mass is 10.2. The van der Waals surface area contributed by atoms with Gasteiger partial charge < -0.3 is 15.0 Å². The Morgan fingerprint density at radius 2 is 2.00 bits per heavy atom. The standard InChI is InChI=1S/C17H20FN5O3/c1-21-13-14(20-16(21)19-7-4-8-24)22(2)17(26)23(15(13)25)10-11-5-3-6-12(18)9-11/h3,5-6,9,24H,4,7-8,10H2,1-2H3,(H,19,20). The zero-order chi connectivity index (χ0) is 18.8. The summed E-state index contributed by atoms with van der Waals surface area (Å²) in [5, 5.41) is 11.9. The molecule has 0 unspecified atom stereocenters. The second-order valence-electron chi connectivity index (χ2n) is 6.03. The van der Waals surface area contributed by atoms with Crippen molar-refractivity contribution >= 4 is 17.1 Å². The average Bonchev–Trinajstić information content (AvgIpc) is 2.94. The maximum atomic E-state index is 13.4. The minimum Gasteiger partial charge on any atom is -0.396 e. The van der Waals surface area contributed by atoms with Crippen molar-refractivity contribution in [3.8, 4) is 0 Å². The normalized spacial score (nSPS) is 11.2. The Kier molecular flexibility index (Phi) is 4.90. The smallest absolute Gasteiger partial charge is 0.332 e. The highest BCUT2D eigenvalue weighted by Gasteiger charge is 2.18. The summed E-state index contributed by atoms with van der Waals surface area (Å²) in [5.41, 5.74) is 0.0517. The van der Waals surface area contributed by atoms with Crippen LogP contribution in [0.15, 0.2) is 33.9 Å². The van der Waals surface area contributed by atoms with E-state index in [1.165, 1.54) is 29.8 Å². The molecule has 0 bridgehead atoms. The number of hydrogen-bond acceptors (Lipinski definition) is 5. The van der Waals surface area contributed by atoms with Crippen molar-refractivity contribution in [2.24, 2.45) is 14.1 Å². The number of benzene rings is 1. The predicted molar refractivity (Wildman–Crippen MR) is 95.9 cm³/mol. The Morgan fingerprint density at radius 3 is 2.69 bits per heavy atom. The van der Waals surface area contributed by atoms with E-state index in [1.54, 1.807) is 17.7 Å². The van der Waals surface area contributed by atoms with Crippen molar-refractivity contribution in [3.63, 3.8) is 0 Å². The Hall–Kier alpha value is -2.94. The number of imidazole rings is 1. The Balaban J connectivity index is 2.12. The molecule has 0 atom stereocenters. The third kappa shape index (κ3) is 3.13. The van der Waals surface area contributed by atoms with E-state index in [-0.39, 0.29) is 24.3 Å². The van der Waals surface area contributed by atoms with Gasteiger partial charge in [-0.25, -0.2) is 9.18 Å². The fourth-order valence-electron chi connectivity index (χ4n) is 2.84. The summed E-state index contributed by atoms with van der Waals surface area (Å²) in [4.78, 5) is 29.8. The molecule has 2 aromatic heterocycles. The maximum Gasteiger partial charge on any atom is 0.332 e. The Morgan fingerprint density at radius 1 is 1.23 bits per heavy atom. The molecule has 0 spiro atoms. The van der Waals surface area contributed by atoms with Crippen molar-refractivity contribution in [1.82, 2.24) is 18.7 Å². The molecule has 8 nitrogen and oxygen atoms in total. The van der Waals surface area contributed by atoms with E-state index in [0.29, 0.717) is 24.5 Å². The largest absolute Gasteiger partial charge is 0.396 e. The SMILES string of the molecule is Cn1c(NCCCO)nc2c1c(=O)n(Cc1cccc(F)c1)c(=O)n2C. The van der Waals surface area contributed by atoms with Crippen LogP contribution in [0.25, 0.3) is 11.2 Å². The highest BCUT2D eigenvalue weighted by Crippen LogP contribution is 2.13. The van der Waals surface area contributed by atoms with E-state index >= 15 is 0 Å². The number of nitrogens with one attached hydrogen (secondary N) is 1. The lowest BCUT2D eigenvalue weighted by molar-refractivity contribution is 0.292. The molecule has 0 aliphatic rings. The van der Waals surface area contributed by atoms with Crippen LogP contribution >= 0.6 is 0 Å². The fraction of sp³-hybridized carbons (Fsp3) is 0.353. The van der Waals surface area contributed by atoms with Gasteiger partial charge in [0.2, 0.25) is 5.95 Å². The first-order chi connectivity index (χ1) is 12.4. The van der Waals surface area contributed by atoms with Gasteiger partial charge in [0.05, 0.1) is 6.54 Å². The van der Waals surface area contributed by atoms with Gasteiger partial charge in [0.25, 0.3) is 5.56 Å². The molecule has 3 aromatic rings.